The molecule has 0 amide bonds. The second kappa shape index (κ2) is 3.62. The molecular formula is C12H11BrO. The lowest BCUT2D eigenvalue weighted by atomic mass is 10.1. The number of hydrogen-bond donors (Lipinski definition) is 0. The van der Waals surface area contributed by atoms with Gasteiger partial charge in [-0.25, -0.2) is 0 Å². The van der Waals surface area contributed by atoms with Crippen molar-refractivity contribution >= 4 is 26.7 Å². The molecule has 1 nitrogen and oxygen atoms in total. The maximum Gasteiger partial charge on any atom is 0.119 e. The minimum absolute atomic E-state index is 0.902. The van der Waals surface area contributed by atoms with Crippen molar-refractivity contribution in [2.45, 2.75) is 6.92 Å². The third-order valence-corrected chi connectivity index (χ3v) is 3.18. The molecule has 2 heteroatoms. The molecule has 0 aliphatic heterocycles. The normalized spacial score (nSPS) is 10.5. The number of benzene rings is 2. The molecule has 0 spiro atoms. The van der Waals surface area contributed by atoms with Crippen LogP contribution in [0.3, 0.4) is 0 Å². The Balaban J connectivity index is 2.70. The van der Waals surface area contributed by atoms with Gasteiger partial charge in [0.05, 0.1) is 7.11 Å². The monoisotopic (exact) mass is 250 g/mol. The van der Waals surface area contributed by atoms with E-state index in [4.69, 9.17) is 4.74 Å². The number of aryl methyl sites for hydroxylation is 1. The molecule has 0 unspecified atom stereocenters. The zero-order valence-electron chi connectivity index (χ0n) is 8.17. The van der Waals surface area contributed by atoms with E-state index >= 15 is 0 Å². The smallest absolute Gasteiger partial charge is 0.119 e. The van der Waals surface area contributed by atoms with E-state index in [9.17, 15) is 0 Å². The average Bonchev–Trinajstić information content (AvgIpc) is 2.19. The van der Waals surface area contributed by atoms with Gasteiger partial charge in [-0.1, -0.05) is 28.1 Å². The van der Waals surface area contributed by atoms with Crippen LogP contribution >= 0.6 is 15.9 Å². The second-order valence-corrected chi connectivity index (χ2v) is 4.17. The van der Waals surface area contributed by atoms with E-state index in [0.29, 0.717) is 0 Å². The Morgan fingerprint density at radius 3 is 2.57 bits per heavy atom. The summed E-state index contributed by atoms with van der Waals surface area (Å²) in [6.07, 6.45) is 0. The second-order valence-electron chi connectivity index (χ2n) is 3.31. The van der Waals surface area contributed by atoms with Crippen LogP contribution in [0, 0.1) is 6.92 Å². The van der Waals surface area contributed by atoms with Gasteiger partial charge < -0.3 is 4.74 Å². The van der Waals surface area contributed by atoms with Crippen molar-refractivity contribution in [1.82, 2.24) is 0 Å². The molecule has 72 valence electrons. The number of fused-ring (bicyclic) bond motifs is 1. The molecular weight excluding hydrogens is 240 g/mol. The minimum Gasteiger partial charge on any atom is -0.497 e. The highest BCUT2D eigenvalue weighted by Gasteiger charge is 2.00. The van der Waals surface area contributed by atoms with Crippen LogP contribution in [0.4, 0.5) is 0 Å². The van der Waals surface area contributed by atoms with Gasteiger partial charge in [0.15, 0.2) is 0 Å². The summed E-state index contributed by atoms with van der Waals surface area (Å²) in [6.45, 7) is 2.09. The van der Waals surface area contributed by atoms with E-state index in [1.807, 2.05) is 6.07 Å². The first-order valence-corrected chi connectivity index (χ1v) is 5.24. The van der Waals surface area contributed by atoms with E-state index in [1.54, 1.807) is 7.11 Å². The van der Waals surface area contributed by atoms with Gasteiger partial charge in [-0.3, -0.25) is 0 Å². The molecule has 0 aliphatic rings. The number of ether oxygens (including phenoxy) is 1. The van der Waals surface area contributed by atoms with Crippen molar-refractivity contribution in [3.63, 3.8) is 0 Å². The summed E-state index contributed by atoms with van der Waals surface area (Å²) in [5.74, 6) is 0.902. The molecule has 0 N–H and O–H groups in total. The van der Waals surface area contributed by atoms with Crippen LogP contribution in [-0.2, 0) is 0 Å². The predicted octanol–water partition coefficient (Wildman–Crippen LogP) is 3.92. The lowest BCUT2D eigenvalue weighted by Crippen LogP contribution is -1.83. The molecule has 2 aromatic rings. The fourth-order valence-corrected chi connectivity index (χ4v) is 1.85. The third kappa shape index (κ3) is 1.62. The van der Waals surface area contributed by atoms with Crippen LogP contribution < -0.4 is 4.74 Å². The highest BCUT2D eigenvalue weighted by atomic mass is 79.9. The van der Waals surface area contributed by atoms with Crippen molar-refractivity contribution in [2.75, 3.05) is 7.11 Å². The van der Waals surface area contributed by atoms with Gasteiger partial charge in [-0.2, -0.15) is 0 Å². The van der Waals surface area contributed by atoms with E-state index < -0.39 is 0 Å². The molecule has 2 aromatic carbocycles. The Hall–Kier alpha value is -1.02. The summed E-state index contributed by atoms with van der Waals surface area (Å²) in [4.78, 5) is 0. The van der Waals surface area contributed by atoms with Crippen molar-refractivity contribution in [2.24, 2.45) is 0 Å². The van der Waals surface area contributed by atoms with Crippen molar-refractivity contribution in [3.8, 4) is 5.75 Å². The fraction of sp³-hybridized carbons (Fsp3) is 0.167. The summed E-state index contributed by atoms with van der Waals surface area (Å²) < 4.78 is 6.33. The molecule has 0 heterocycles. The third-order valence-electron chi connectivity index (χ3n) is 2.32. The maximum absolute atomic E-state index is 5.18. The quantitative estimate of drug-likeness (QED) is 0.746. The summed E-state index contributed by atoms with van der Waals surface area (Å²) in [7, 11) is 1.69. The number of halogens is 1. The fourth-order valence-electron chi connectivity index (χ4n) is 1.49. The van der Waals surface area contributed by atoms with Crippen LogP contribution in [0.25, 0.3) is 10.8 Å². The van der Waals surface area contributed by atoms with Crippen molar-refractivity contribution in [1.29, 1.82) is 0 Å². The van der Waals surface area contributed by atoms with Crippen LogP contribution in [-0.4, -0.2) is 7.11 Å². The molecule has 0 saturated carbocycles. The number of methoxy groups -OCH3 is 1. The molecule has 0 radical (unpaired) electrons. The van der Waals surface area contributed by atoms with Gasteiger partial charge in [0.2, 0.25) is 0 Å². The molecule has 0 fully saturated rings. The topological polar surface area (TPSA) is 9.23 Å². The van der Waals surface area contributed by atoms with Crippen LogP contribution in [0.5, 0.6) is 5.75 Å². The highest BCUT2D eigenvalue weighted by Crippen LogP contribution is 2.26. The summed E-state index contributed by atoms with van der Waals surface area (Å²) in [5.41, 5.74) is 1.24. The predicted molar refractivity (Wildman–Crippen MR) is 62.9 cm³/mol. The standard InChI is InChI=1S/C12H11BrO/c1-8-5-10-6-11(14-2)4-3-9(10)7-12(8)13/h3-7H,1-2H3. The van der Waals surface area contributed by atoms with E-state index in [1.165, 1.54) is 16.3 Å². The van der Waals surface area contributed by atoms with Gasteiger partial charge in [-0.05, 0) is 41.5 Å². The van der Waals surface area contributed by atoms with Gasteiger partial charge in [0, 0.05) is 4.47 Å². The zero-order chi connectivity index (χ0) is 10.1. The Morgan fingerprint density at radius 1 is 1.07 bits per heavy atom. The first kappa shape index (κ1) is 9.53. The Labute approximate surface area is 91.8 Å². The van der Waals surface area contributed by atoms with E-state index in [-0.39, 0.29) is 0 Å². The molecule has 0 atom stereocenters. The van der Waals surface area contributed by atoms with Crippen molar-refractivity contribution in [3.05, 3.63) is 40.4 Å². The lowest BCUT2D eigenvalue weighted by molar-refractivity contribution is 0.415. The van der Waals surface area contributed by atoms with Crippen molar-refractivity contribution < 1.29 is 4.74 Å². The highest BCUT2D eigenvalue weighted by molar-refractivity contribution is 9.10. The molecule has 0 aromatic heterocycles. The lowest BCUT2D eigenvalue weighted by Gasteiger charge is -2.05. The molecule has 0 aliphatic carbocycles. The molecule has 14 heavy (non-hydrogen) atoms. The van der Waals surface area contributed by atoms with Crippen LogP contribution in [0.2, 0.25) is 0 Å². The summed E-state index contributed by atoms with van der Waals surface area (Å²) in [6, 6.07) is 10.4. The Morgan fingerprint density at radius 2 is 1.86 bits per heavy atom. The maximum atomic E-state index is 5.18. The number of rotatable bonds is 1. The average molecular weight is 251 g/mol. The van der Waals surface area contributed by atoms with Crippen LogP contribution in [0.15, 0.2) is 34.8 Å². The van der Waals surface area contributed by atoms with E-state index in [0.717, 1.165) is 10.2 Å². The Kier molecular flexibility index (Phi) is 2.46. The van der Waals surface area contributed by atoms with Gasteiger partial charge in [0.25, 0.3) is 0 Å². The van der Waals surface area contributed by atoms with Gasteiger partial charge >= 0.3 is 0 Å². The molecule has 0 bridgehead atoms. The first-order chi connectivity index (χ1) is 6.70. The van der Waals surface area contributed by atoms with Crippen LogP contribution in [0.1, 0.15) is 5.56 Å². The van der Waals surface area contributed by atoms with Gasteiger partial charge in [-0.15, -0.1) is 0 Å². The summed E-state index contributed by atoms with van der Waals surface area (Å²) >= 11 is 3.52. The first-order valence-electron chi connectivity index (χ1n) is 4.44. The Bertz CT molecular complexity index is 477. The summed E-state index contributed by atoms with van der Waals surface area (Å²) in [5, 5.41) is 2.44. The SMILES string of the molecule is COc1ccc2cc(Br)c(C)cc2c1. The largest absolute Gasteiger partial charge is 0.497 e. The zero-order valence-corrected chi connectivity index (χ0v) is 9.76. The van der Waals surface area contributed by atoms with E-state index in [2.05, 4.69) is 47.1 Å². The molecule has 0 saturated heterocycles. The minimum atomic E-state index is 0.902. The molecule has 2 rings (SSSR count). The number of hydrogen-bond acceptors (Lipinski definition) is 1. The van der Waals surface area contributed by atoms with Gasteiger partial charge in [0.1, 0.15) is 5.75 Å².